The van der Waals surface area contributed by atoms with Gasteiger partial charge in [-0.25, -0.2) is 8.42 Å². The maximum absolute atomic E-state index is 12.7. The Labute approximate surface area is 164 Å². The van der Waals surface area contributed by atoms with E-state index >= 15 is 0 Å². The molecule has 0 aliphatic rings. The van der Waals surface area contributed by atoms with Gasteiger partial charge < -0.3 is 5.21 Å². The highest BCUT2D eigenvalue weighted by atomic mass is 32.2. The Hall–Kier alpha value is -3.19. The van der Waals surface area contributed by atoms with E-state index in [-0.39, 0.29) is 16.3 Å². The Balaban J connectivity index is 2.00. The van der Waals surface area contributed by atoms with Crippen LogP contribution in [0.4, 0.5) is 17.1 Å². The van der Waals surface area contributed by atoms with Crippen molar-refractivity contribution in [1.82, 2.24) is 0 Å². The predicted octanol–water partition coefficient (Wildman–Crippen LogP) is 5.34. The molecule has 28 heavy (non-hydrogen) atoms. The topological polar surface area (TPSA) is 84.6 Å². The van der Waals surface area contributed by atoms with Crippen molar-refractivity contribution >= 4 is 27.1 Å². The second-order valence-corrected chi connectivity index (χ2v) is 8.33. The van der Waals surface area contributed by atoms with Crippen molar-refractivity contribution in [3.8, 4) is 0 Å². The third-order valence-corrected chi connectivity index (χ3v) is 5.52. The van der Waals surface area contributed by atoms with Crippen molar-refractivity contribution in [2.75, 3.05) is 4.72 Å². The number of benzene rings is 3. The Morgan fingerprint density at radius 3 is 2.18 bits per heavy atom. The van der Waals surface area contributed by atoms with E-state index < -0.39 is 10.0 Å². The van der Waals surface area contributed by atoms with Crippen LogP contribution in [0.2, 0.25) is 0 Å². The SMILES string of the molecule is Cc1ccc(S(=O)(=O)Nc2ccc(C)cc2[N+]([O-])=Nc2cccc(C)c2)cc1. The van der Waals surface area contributed by atoms with Gasteiger partial charge in [-0.2, -0.15) is 0 Å². The second kappa shape index (κ2) is 7.82. The lowest BCUT2D eigenvalue weighted by atomic mass is 10.2. The molecule has 0 saturated carbocycles. The molecule has 3 aromatic rings. The van der Waals surface area contributed by atoms with E-state index in [2.05, 4.69) is 9.84 Å². The molecule has 0 unspecified atom stereocenters. The number of nitrogens with one attached hydrogen (secondary N) is 1. The van der Waals surface area contributed by atoms with Crippen LogP contribution in [0.5, 0.6) is 0 Å². The highest BCUT2D eigenvalue weighted by Crippen LogP contribution is 2.29. The zero-order valence-electron chi connectivity index (χ0n) is 15.9. The van der Waals surface area contributed by atoms with Gasteiger partial charge in [0.2, 0.25) is 0 Å². The van der Waals surface area contributed by atoms with E-state index in [4.69, 9.17) is 0 Å². The summed E-state index contributed by atoms with van der Waals surface area (Å²) in [4.78, 5) is 0.562. The molecule has 0 aliphatic heterocycles. The zero-order chi connectivity index (χ0) is 20.3. The average molecular weight is 395 g/mol. The average Bonchev–Trinajstić information content (AvgIpc) is 2.63. The van der Waals surface area contributed by atoms with E-state index in [1.807, 2.05) is 26.8 Å². The third-order valence-electron chi connectivity index (χ3n) is 4.14. The van der Waals surface area contributed by atoms with E-state index in [0.29, 0.717) is 10.5 Å². The summed E-state index contributed by atoms with van der Waals surface area (Å²) in [7, 11) is -3.84. The summed E-state index contributed by atoms with van der Waals surface area (Å²) in [5.74, 6) is 0. The molecule has 0 atom stereocenters. The fourth-order valence-electron chi connectivity index (χ4n) is 2.66. The van der Waals surface area contributed by atoms with Crippen molar-refractivity contribution in [1.29, 1.82) is 0 Å². The smallest absolute Gasteiger partial charge is 0.269 e. The number of hydrogen-bond acceptors (Lipinski definition) is 4. The highest BCUT2D eigenvalue weighted by molar-refractivity contribution is 7.92. The van der Waals surface area contributed by atoms with Crippen molar-refractivity contribution in [2.45, 2.75) is 25.7 Å². The van der Waals surface area contributed by atoms with Gasteiger partial charge in [-0.05, 0) is 67.1 Å². The van der Waals surface area contributed by atoms with Gasteiger partial charge in [-0.1, -0.05) is 35.9 Å². The minimum absolute atomic E-state index is 0.122. The van der Waals surface area contributed by atoms with Gasteiger partial charge in [-0.3, -0.25) is 4.72 Å². The molecule has 0 bridgehead atoms. The van der Waals surface area contributed by atoms with Crippen LogP contribution in [-0.4, -0.2) is 13.3 Å². The number of rotatable bonds is 5. The lowest BCUT2D eigenvalue weighted by molar-refractivity contribution is -0.434. The number of nitrogens with zero attached hydrogens (tertiary/aromatic N) is 2. The van der Waals surface area contributed by atoms with Gasteiger partial charge in [0, 0.05) is 11.2 Å². The lowest BCUT2D eigenvalue weighted by Gasteiger charge is -2.11. The summed E-state index contributed by atoms with van der Waals surface area (Å²) >= 11 is 0. The molecule has 0 amide bonds. The molecule has 0 spiro atoms. The summed E-state index contributed by atoms with van der Waals surface area (Å²) < 4.78 is 27.9. The molecular weight excluding hydrogens is 374 g/mol. The van der Waals surface area contributed by atoms with Gasteiger partial charge in [0.05, 0.1) is 4.90 Å². The Bertz CT molecular complexity index is 1140. The molecule has 7 heteroatoms. The van der Waals surface area contributed by atoms with Crippen LogP contribution >= 0.6 is 0 Å². The number of azo groups is 1. The Kier molecular flexibility index (Phi) is 5.46. The normalized spacial score (nSPS) is 12.0. The van der Waals surface area contributed by atoms with Gasteiger partial charge in [-0.15, -0.1) is 0 Å². The largest absolute Gasteiger partial charge is 0.594 e. The van der Waals surface area contributed by atoms with Gasteiger partial charge >= 0.3 is 0 Å². The second-order valence-electron chi connectivity index (χ2n) is 6.65. The van der Waals surface area contributed by atoms with E-state index in [1.54, 1.807) is 48.5 Å². The van der Waals surface area contributed by atoms with Crippen LogP contribution in [0.3, 0.4) is 0 Å². The molecule has 0 aromatic heterocycles. The lowest BCUT2D eigenvalue weighted by Crippen LogP contribution is -2.14. The van der Waals surface area contributed by atoms with Crippen LogP contribution < -0.4 is 4.72 Å². The van der Waals surface area contributed by atoms with Crippen molar-refractivity contribution in [3.63, 3.8) is 0 Å². The Morgan fingerprint density at radius 2 is 1.50 bits per heavy atom. The minimum atomic E-state index is -3.84. The molecule has 0 aliphatic carbocycles. The van der Waals surface area contributed by atoms with Gasteiger partial charge in [0.15, 0.2) is 0 Å². The highest BCUT2D eigenvalue weighted by Gasteiger charge is 2.20. The summed E-state index contributed by atoms with van der Waals surface area (Å²) in [6, 6.07) is 18.6. The first-order chi connectivity index (χ1) is 13.2. The summed E-state index contributed by atoms with van der Waals surface area (Å²) in [6.07, 6.45) is 0. The zero-order valence-corrected chi connectivity index (χ0v) is 16.7. The predicted molar refractivity (Wildman–Crippen MR) is 110 cm³/mol. The standard InChI is InChI=1S/C21H21N3O3S/c1-15-7-10-19(11-8-15)28(26,27)23-20-12-9-17(3)14-21(20)24(25)22-18-6-4-5-16(2)13-18/h4-14,23H,1-3H3. The monoisotopic (exact) mass is 395 g/mol. The summed E-state index contributed by atoms with van der Waals surface area (Å²) in [6.45, 7) is 5.61. The molecule has 0 saturated heterocycles. The van der Waals surface area contributed by atoms with Crippen molar-refractivity contribution in [3.05, 3.63) is 88.6 Å². The van der Waals surface area contributed by atoms with Gasteiger partial charge in [0.1, 0.15) is 11.4 Å². The molecule has 0 radical (unpaired) electrons. The molecule has 3 aromatic carbocycles. The quantitative estimate of drug-likeness (QED) is 0.359. The van der Waals surface area contributed by atoms with E-state index in [0.717, 1.165) is 16.7 Å². The number of anilines is 1. The molecule has 144 valence electrons. The van der Waals surface area contributed by atoms with E-state index in [9.17, 15) is 13.6 Å². The molecule has 6 nitrogen and oxygen atoms in total. The summed E-state index contributed by atoms with van der Waals surface area (Å²) in [5, 5.41) is 16.7. The van der Waals surface area contributed by atoms with Crippen molar-refractivity contribution < 1.29 is 13.3 Å². The van der Waals surface area contributed by atoms with Gasteiger partial charge in [0.25, 0.3) is 15.7 Å². The molecule has 0 fully saturated rings. The first-order valence-electron chi connectivity index (χ1n) is 8.70. The Morgan fingerprint density at radius 1 is 0.857 bits per heavy atom. The van der Waals surface area contributed by atoms with Crippen LogP contribution in [0.1, 0.15) is 16.7 Å². The number of hydrogen-bond donors (Lipinski definition) is 1. The summed E-state index contributed by atoms with van der Waals surface area (Å²) in [5.41, 5.74) is 3.52. The first kappa shape index (κ1) is 19.6. The fraction of sp³-hybridized carbons (Fsp3) is 0.143. The number of aryl methyl sites for hydroxylation is 3. The molecular formula is C21H21N3O3S. The molecule has 1 N–H and O–H groups in total. The van der Waals surface area contributed by atoms with Crippen LogP contribution in [0, 0.1) is 26.0 Å². The fourth-order valence-corrected chi connectivity index (χ4v) is 3.73. The van der Waals surface area contributed by atoms with Crippen LogP contribution in [-0.2, 0) is 10.0 Å². The molecule has 3 rings (SSSR count). The maximum Gasteiger partial charge on any atom is 0.269 e. The first-order valence-corrected chi connectivity index (χ1v) is 10.2. The number of sulfonamides is 1. The maximum atomic E-state index is 12.7. The van der Waals surface area contributed by atoms with Crippen LogP contribution in [0.15, 0.2) is 76.7 Å². The third kappa shape index (κ3) is 4.55. The van der Waals surface area contributed by atoms with E-state index in [1.165, 1.54) is 12.1 Å². The van der Waals surface area contributed by atoms with Crippen molar-refractivity contribution in [2.24, 2.45) is 5.11 Å². The molecule has 0 heterocycles. The van der Waals surface area contributed by atoms with Crippen LogP contribution in [0.25, 0.3) is 0 Å². The minimum Gasteiger partial charge on any atom is -0.594 e.